The summed E-state index contributed by atoms with van der Waals surface area (Å²) >= 11 is 0. The lowest BCUT2D eigenvalue weighted by atomic mass is 10.0. The molecule has 122 valence electrons. The van der Waals surface area contributed by atoms with Crippen LogP contribution in [0.5, 0.6) is 0 Å². The van der Waals surface area contributed by atoms with Crippen LogP contribution >= 0.6 is 0 Å². The fourth-order valence-electron chi connectivity index (χ4n) is 2.91. The van der Waals surface area contributed by atoms with Crippen molar-refractivity contribution in [3.05, 3.63) is 53.1 Å². The second-order valence-electron chi connectivity index (χ2n) is 5.95. The predicted octanol–water partition coefficient (Wildman–Crippen LogP) is 2.34. The Balaban J connectivity index is 1.79. The highest BCUT2D eigenvalue weighted by molar-refractivity contribution is 5.95. The third-order valence-electron chi connectivity index (χ3n) is 4.06. The Morgan fingerprint density at radius 3 is 3.04 bits per heavy atom. The SMILES string of the molecule is CN(Cc1cccc(F)c1)C(=O)c1cn(C)nc1[C@@H]1CCOC1. The highest BCUT2D eigenvalue weighted by Gasteiger charge is 2.28. The normalized spacial score (nSPS) is 17.4. The van der Waals surface area contributed by atoms with Crippen molar-refractivity contribution in [2.24, 2.45) is 7.05 Å². The number of carbonyl (C=O) groups is 1. The molecule has 1 aromatic carbocycles. The summed E-state index contributed by atoms with van der Waals surface area (Å²) in [6.07, 6.45) is 2.63. The van der Waals surface area contributed by atoms with E-state index in [1.165, 1.54) is 12.1 Å². The number of halogens is 1. The van der Waals surface area contributed by atoms with Gasteiger partial charge in [0.15, 0.2) is 0 Å². The van der Waals surface area contributed by atoms with Gasteiger partial charge in [-0.15, -0.1) is 0 Å². The molecular formula is C17H20FN3O2. The number of aromatic nitrogens is 2. The Kier molecular flexibility index (Phi) is 4.43. The summed E-state index contributed by atoms with van der Waals surface area (Å²) in [7, 11) is 3.53. The summed E-state index contributed by atoms with van der Waals surface area (Å²) in [6, 6.07) is 6.29. The minimum atomic E-state index is -0.298. The first-order valence-electron chi connectivity index (χ1n) is 7.66. The minimum Gasteiger partial charge on any atom is -0.381 e. The zero-order valence-corrected chi connectivity index (χ0v) is 13.3. The number of hydrogen-bond donors (Lipinski definition) is 0. The van der Waals surface area contributed by atoms with Gasteiger partial charge in [-0.25, -0.2) is 4.39 Å². The van der Waals surface area contributed by atoms with Gasteiger partial charge in [0.1, 0.15) is 5.82 Å². The summed E-state index contributed by atoms with van der Waals surface area (Å²) in [5, 5.41) is 4.45. The molecule has 2 aromatic rings. The lowest BCUT2D eigenvalue weighted by Gasteiger charge is -2.18. The number of ether oxygens (including phenoxy) is 1. The van der Waals surface area contributed by atoms with Gasteiger partial charge < -0.3 is 9.64 Å². The fourth-order valence-corrected chi connectivity index (χ4v) is 2.91. The molecule has 0 unspecified atom stereocenters. The zero-order valence-electron chi connectivity index (χ0n) is 13.3. The van der Waals surface area contributed by atoms with Gasteiger partial charge in [-0.2, -0.15) is 5.10 Å². The summed E-state index contributed by atoms with van der Waals surface area (Å²) < 4.78 is 20.4. The molecule has 0 bridgehead atoms. The lowest BCUT2D eigenvalue weighted by molar-refractivity contribution is 0.0783. The average molecular weight is 317 g/mol. The van der Waals surface area contributed by atoms with Crippen LogP contribution in [0.4, 0.5) is 4.39 Å². The fraction of sp³-hybridized carbons (Fsp3) is 0.412. The number of rotatable bonds is 4. The van der Waals surface area contributed by atoms with Crippen molar-refractivity contribution in [1.82, 2.24) is 14.7 Å². The van der Waals surface area contributed by atoms with Gasteiger partial charge in [0, 0.05) is 39.4 Å². The van der Waals surface area contributed by atoms with Crippen molar-refractivity contribution < 1.29 is 13.9 Å². The molecule has 1 amide bonds. The Morgan fingerprint density at radius 1 is 1.52 bits per heavy atom. The van der Waals surface area contributed by atoms with Crippen molar-refractivity contribution >= 4 is 5.91 Å². The van der Waals surface area contributed by atoms with E-state index in [-0.39, 0.29) is 17.6 Å². The number of hydrogen-bond acceptors (Lipinski definition) is 3. The summed E-state index contributed by atoms with van der Waals surface area (Å²) in [5.74, 6) is -0.240. The van der Waals surface area contributed by atoms with Crippen LogP contribution in [-0.4, -0.2) is 40.8 Å². The molecule has 1 saturated heterocycles. The van der Waals surface area contributed by atoms with Gasteiger partial charge in [-0.3, -0.25) is 9.48 Å². The molecule has 0 N–H and O–H groups in total. The Labute approximate surface area is 134 Å². The molecule has 5 nitrogen and oxygen atoms in total. The van der Waals surface area contributed by atoms with E-state index in [1.807, 2.05) is 13.1 Å². The highest BCUT2D eigenvalue weighted by atomic mass is 19.1. The first kappa shape index (κ1) is 15.7. The Bertz CT molecular complexity index is 708. The molecule has 0 spiro atoms. The molecule has 3 rings (SSSR count). The first-order chi connectivity index (χ1) is 11.0. The van der Waals surface area contributed by atoms with Crippen LogP contribution in [0.25, 0.3) is 0 Å². The second-order valence-corrected chi connectivity index (χ2v) is 5.95. The van der Waals surface area contributed by atoms with E-state index < -0.39 is 0 Å². The maximum absolute atomic E-state index is 13.3. The predicted molar refractivity (Wildman–Crippen MR) is 83.6 cm³/mol. The number of amides is 1. The van der Waals surface area contributed by atoms with E-state index >= 15 is 0 Å². The van der Waals surface area contributed by atoms with Crippen LogP contribution in [0.15, 0.2) is 30.5 Å². The van der Waals surface area contributed by atoms with E-state index in [0.717, 1.165) is 17.7 Å². The third-order valence-corrected chi connectivity index (χ3v) is 4.06. The molecule has 1 atom stereocenters. The molecule has 1 fully saturated rings. The molecule has 0 radical (unpaired) electrons. The summed E-state index contributed by atoms with van der Waals surface area (Å²) in [6.45, 7) is 1.66. The topological polar surface area (TPSA) is 47.4 Å². The van der Waals surface area contributed by atoms with Crippen molar-refractivity contribution in [2.75, 3.05) is 20.3 Å². The van der Waals surface area contributed by atoms with Crippen LogP contribution in [0.1, 0.15) is 34.0 Å². The quantitative estimate of drug-likeness (QED) is 0.869. The van der Waals surface area contributed by atoms with E-state index in [2.05, 4.69) is 5.10 Å². The van der Waals surface area contributed by atoms with Crippen LogP contribution in [0, 0.1) is 5.82 Å². The minimum absolute atomic E-state index is 0.107. The van der Waals surface area contributed by atoms with E-state index in [4.69, 9.17) is 4.74 Å². The van der Waals surface area contributed by atoms with Gasteiger partial charge in [-0.05, 0) is 24.1 Å². The monoisotopic (exact) mass is 317 g/mol. The highest BCUT2D eigenvalue weighted by Crippen LogP contribution is 2.27. The number of carbonyl (C=O) groups excluding carboxylic acids is 1. The van der Waals surface area contributed by atoms with Crippen LogP contribution in [0.3, 0.4) is 0 Å². The molecule has 1 aliphatic rings. The van der Waals surface area contributed by atoms with Gasteiger partial charge in [-0.1, -0.05) is 12.1 Å². The maximum atomic E-state index is 13.3. The van der Waals surface area contributed by atoms with E-state index in [9.17, 15) is 9.18 Å². The number of benzene rings is 1. The second kappa shape index (κ2) is 6.50. The van der Waals surface area contributed by atoms with Crippen molar-refractivity contribution in [2.45, 2.75) is 18.9 Å². The zero-order chi connectivity index (χ0) is 16.4. The first-order valence-corrected chi connectivity index (χ1v) is 7.66. The molecule has 1 aliphatic heterocycles. The smallest absolute Gasteiger partial charge is 0.257 e. The Hall–Kier alpha value is -2.21. The lowest BCUT2D eigenvalue weighted by Crippen LogP contribution is -2.27. The molecule has 23 heavy (non-hydrogen) atoms. The Morgan fingerprint density at radius 2 is 2.35 bits per heavy atom. The molecule has 1 aromatic heterocycles. The summed E-state index contributed by atoms with van der Waals surface area (Å²) in [4.78, 5) is 14.4. The standard InChI is InChI=1S/C17H20FN3O2/c1-20(9-12-4-3-5-14(18)8-12)17(22)15-10-21(2)19-16(15)13-6-7-23-11-13/h3-5,8,10,13H,6-7,9,11H2,1-2H3/t13-/m1/s1. The molecular weight excluding hydrogens is 297 g/mol. The van der Waals surface area contributed by atoms with Gasteiger partial charge in [0.05, 0.1) is 17.9 Å². The third kappa shape index (κ3) is 3.42. The van der Waals surface area contributed by atoms with Crippen LogP contribution in [-0.2, 0) is 18.3 Å². The van der Waals surface area contributed by atoms with Crippen molar-refractivity contribution in [3.63, 3.8) is 0 Å². The van der Waals surface area contributed by atoms with Crippen LogP contribution in [0.2, 0.25) is 0 Å². The van der Waals surface area contributed by atoms with E-state index in [1.54, 1.807) is 28.9 Å². The molecule has 0 aliphatic carbocycles. The maximum Gasteiger partial charge on any atom is 0.257 e. The molecule has 6 heteroatoms. The molecule has 2 heterocycles. The van der Waals surface area contributed by atoms with Crippen LogP contribution < -0.4 is 0 Å². The van der Waals surface area contributed by atoms with Gasteiger partial charge in [0.2, 0.25) is 0 Å². The summed E-state index contributed by atoms with van der Waals surface area (Å²) in [5.41, 5.74) is 2.15. The number of aryl methyl sites for hydroxylation is 1. The number of nitrogens with zero attached hydrogens (tertiary/aromatic N) is 3. The van der Waals surface area contributed by atoms with Gasteiger partial charge >= 0.3 is 0 Å². The van der Waals surface area contributed by atoms with Crippen molar-refractivity contribution in [3.8, 4) is 0 Å². The van der Waals surface area contributed by atoms with E-state index in [0.29, 0.717) is 25.3 Å². The average Bonchev–Trinajstić information content (AvgIpc) is 3.15. The molecule has 0 saturated carbocycles. The largest absolute Gasteiger partial charge is 0.381 e. The van der Waals surface area contributed by atoms with Gasteiger partial charge in [0.25, 0.3) is 5.91 Å². The van der Waals surface area contributed by atoms with Crippen molar-refractivity contribution in [1.29, 1.82) is 0 Å².